The second-order valence-corrected chi connectivity index (χ2v) is 7.26. The molecule has 4 rings (SSSR count). The summed E-state index contributed by atoms with van der Waals surface area (Å²) < 4.78 is 20.1. The summed E-state index contributed by atoms with van der Waals surface area (Å²) in [5.41, 5.74) is 2.45. The van der Waals surface area contributed by atoms with Crippen LogP contribution in [0.25, 0.3) is 11.1 Å². The zero-order chi connectivity index (χ0) is 21.3. The number of hydrogen-bond acceptors (Lipinski definition) is 4. The van der Waals surface area contributed by atoms with Crippen molar-refractivity contribution in [3.05, 3.63) is 65.1 Å². The van der Waals surface area contributed by atoms with E-state index < -0.39 is 6.04 Å². The van der Waals surface area contributed by atoms with Crippen molar-refractivity contribution in [1.29, 1.82) is 0 Å². The molecule has 2 aromatic carbocycles. The molecule has 3 aromatic rings. The molecule has 1 aromatic heterocycles. The first-order valence-corrected chi connectivity index (χ1v) is 9.56. The molecule has 0 saturated carbocycles. The number of ether oxygens (including phenoxy) is 1. The van der Waals surface area contributed by atoms with Crippen LogP contribution >= 0.6 is 11.6 Å². The summed E-state index contributed by atoms with van der Waals surface area (Å²) in [6.45, 7) is 0.198. The predicted octanol–water partition coefficient (Wildman–Crippen LogP) is 4.01. The highest BCUT2D eigenvalue weighted by atomic mass is 35.5. The maximum atomic E-state index is 13.4. The van der Waals surface area contributed by atoms with E-state index in [9.17, 15) is 14.0 Å². The number of methoxy groups -OCH3 is 1. The summed E-state index contributed by atoms with van der Waals surface area (Å²) in [5, 5.41) is 10.5. The van der Waals surface area contributed by atoms with Gasteiger partial charge in [-0.25, -0.2) is 9.07 Å². The number of aromatic nitrogens is 2. The molecule has 2 amide bonds. The molecule has 0 radical (unpaired) electrons. The van der Waals surface area contributed by atoms with E-state index in [1.165, 1.54) is 23.9 Å². The molecule has 0 aliphatic carbocycles. The number of nitrogens with one attached hydrogen (secondary N) is 2. The molecule has 0 spiro atoms. The van der Waals surface area contributed by atoms with Gasteiger partial charge in [0.2, 0.25) is 5.91 Å². The third-order valence-electron chi connectivity index (χ3n) is 4.72. The molecule has 1 atom stereocenters. The van der Waals surface area contributed by atoms with Gasteiger partial charge < -0.3 is 15.4 Å². The van der Waals surface area contributed by atoms with E-state index in [0.29, 0.717) is 33.3 Å². The van der Waals surface area contributed by atoms with E-state index in [2.05, 4.69) is 15.7 Å². The van der Waals surface area contributed by atoms with Gasteiger partial charge in [-0.1, -0.05) is 29.8 Å². The average Bonchev–Trinajstić information content (AvgIpc) is 3.18. The van der Waals surface area contributed by atoms with Crippen LogP contribution in [-0.4, -0.2) is 28.7 Å². The molecular weight excluding hydrogens is 411 g/mol. The van der Waals surface area contributed by atoms with Crippen molar-refractivity contribution in [3.8, 4) is 11.1 Å². The normalized spacial score (nSPS) is 15.0. The summed E-state index contributed by atoms with van der Waals surface area (Å²) in [6.07, 6.45) is -0.109. The van der Waals surface area contributed by atoms with Crippen LogP contribution in [-0.2, 0) is 20.9 Å². The summed E-state index contributed by atoms with van der Waals surface area (Å²) >= 11 is 5.94. The molecule has 2 N–H and O–H groups in total. The Kier molecular flexibility index (Phi) is 5.52. The Morgan fingerprint density at radius 3 is 2.77 bits per heavy atom. The Bertz CT molecular complexity index is 1110. The highest BCUT2D eigenvalue weighted by molar-refractivity contribution is 6.30. The standard InChI is InChI=1S/C21H18ClFN4O3/c1-30-11-16-19(12-5-7-14(23)8-6-12)20-25-21(29)17(27(20)26-16)10-18(28)24-15-4-2-3-13(22)9-15/h2-9,17H,10-11H2,1H3,(H,24,28)(H,25,29). The van der Waals surface area contributed by atoms with Gasteiger partial charge in [-0.05, 0) is 35.9 Å². The third-order valence-corrected chi connectivity index (χ3v) is 4.96. The molecule has 1 aliphatic rings. The Hall–Kier alpha value is -3.23. The van der Waals surface area contributed by atoms with Crippen LogP contribution in [0.4, 0.5) is 15.9 Å². The van der Waals surface area contributed by atoms with Crippen LogP contribution in [0.1, 0.15) is 18.2 Å². The third kappa shape index (κ3) is 3.92. The fourth-order valence-corrected chi connectivity index (χ4v) is 3.62. The van der Waals surface area contributed by atoms with E-state index in [1.807, 2.05) is 0 Å². The van der Waals surface area contributed by atoms with Crippen molar-refractivity contribution in [2.24, 2.45) is 0 Å². The molecule has 7 nitrogen and oxygen atoms in total. The maximum absolute atomic E-state index is 13.4. The summed E-state index contributed by atoms with van der Waals surface area (Å²) in [6, 6.07) is 11.8. The van der Waals surface area contributed by atoms with Crippen molar-refractivity contribution < 1.29 is 18.7 Å². The smallest absolute Gasteiger partial charge is 0.251 e. The monoisotopic (exact) mass is 428 g/mol. The van der Waals surface area contributed by atoms with E-state index in [0.717, 1.165) is 0 Å². The summed E-state index contributed by atoms with van der Waals surface area (Å²) in [4.78, 5) is 25.1. The highest BCUT2D eigenvalue weighted by Crippen LogP contribution is 2.39. The first kappa shape index (κ1) is 20.1. The fraction of sp³-hybridized carbons (Fsp3) is 0.190. The number of hydrogen-bond donors (Lipinski definition) is 2. The van der Waals surface area contributed by atoms with Crippen LogP contribution in [0, 0.1) is 5.82 Å². The average molecular weight is 429 g/mol. The van der Waals surface area contributed by atoms with Crippen molar-refractivity contribution in [2.45, 2.75) is 19.1 Å². The molecule has 1 unspecified atom stereocenters. The second-order valence-electron chi connectivity index (χ2n) is 6.82. The molecule has 2 heterocycles. The number of nitrogens with zero attached hydrogens (tertiary/aromatic N) is 2. The first-order chi connectivity index (χ1) is 14.5. The van der Waals surface area contributed by atoms with Crippen LogP contribution in [0.2, 0.25) is 5.02 Å². The van der Waals surface area contributed by atoms with E-state index in [1.54, 1.807) is 36.4 Å². The lowest BCUT2D eigenvalue weighted by molar-refractivity contribution is -0.123. The van der Waals surface area contributed by atoms with Gasteiger partial charge in [0.15, 0.2) is 0 Å². The maximum Gasteiger partial charge on any atom is 0.251 e. The fourth-order valence-electron chi connectivity index (χ4n) is 3.43. The summed E-state index contributed by atoms with van der Waals surface area (Å²) in [7, 11) is 1.54. The largest absolute Gasteiger partial charge is 0.378 e. The quantitative estimate of drug-likeness (QED) is 0.621. The lowest BCUT2D eigenvalue weighted by atomic mass is 10.1. The molecule has 0 saturated heterocycles. The first-order valence-electron chi connectivity index (χ1n) is 9.19. The van der Waals surface area contributed by atoms with Crippen molar-refractivity contribution in [1.82, 2.24) is 9.78 Å². The minimum absolute atomic E-state index is 0.109. The van der Waals surface area contributed by atoms with Crippen LogP contribution in [0.3, 0.4) is 0 Å². The summed E-state index contributed by atoms with van der Waals surface area (Å²) in [5.74, 6) is -0.599. The van der Waals surface area contributed by atoms with Gasteiger partial charge in [0.1, 0.15) is 17.7 Å². The Morgan fingerprint density at radius 2 is 2.07 bits per heavy atom. The van der Waals surface area contributed by atoms with Gasteiger partial charge in [0.25, 0.3) is 5.91 Å². The molecule has 0 fully saturated rings. The van der Waals surface area contributed by atoms with Gasteiger partial charge in [0.05, 0.1) is 18.7 Å². The number of halogens is 2. The number of anilines is 2. The van der Waals surface area contributed by atoms with Crippen molar-refractivity contribution >= 4 is 34.9 Å². The van der Waals surface area contributed by atoms with E-state index >= 15 is 0 Å². The minimum atomic E-state index is -0.816. The number of rotatable bonds is 6. The predicted molar refractivity (Wildman–Crippen MR) is 111 cm³/mol. The molecule has 9 heteroatoms. The lowest BCUT2D eigenvalue weighted by Crippen LogP contribution is -2.24. The van der Waals surface area contributed by atoms with Gasteiger partial charge in [-0.2, -0.15) is 5.10 Å². The lowest BCUT2D eigenvalue weighted by Gasteiger charge is -2.10. The van der Waals surface area contributed by atoms with Crippen molar-refractivity contribution in [3.63, 3.8) is 0 Å². The topological polar surface area (TPSA) is 85.2 Å². The van der Waals surface area contributed by atoms with Gasteiger partial charge >= 0.3 is 0 Å². The van der Waals surface area contributed by atoms with Crippen LogP contribution in [0.5, 0.6) is 0 Å². The minimum Gasteiger partial charge on any atom is -0.378 e. The van der Waals surface area contributed by atoms with Gasteiger partial charge in [0, 0.05) is 23.4 Å². The SMILES string of the molecule is COCc1nn2c(c1-c1ccc(F)cc1)NC(=O)C2CC(=O)Nc1cccc(Cl)c1. The zero-order valence-corrected chi connectivity index (χ0v) is 16.7. The van der Waals surface area contributed by atoms with E-state index in [4.69, 9.17) is 16.3 Å². The zero-order valence-electron chi connectivity index (χ0n) is 16.0. The molecule has 1 aliphatic heterocycles. The van der Waals surface area contributed by atoms with Crippen LogP contribution in [0.15, 0.2) is 48.5 Å². The van der Waals surface area contributed by atoms with Gasteiger partial charge in [-0.15, -0.1) is 0 Å². The molecule has 0 bridgehead atoms. The Balaban J connectivity index is 1.62. The Morgan fingerprint density at radius 1 is 1.30 bits per heavy atom. The van der Waals surface area contributed by atoms with Gasteiger partial charge in [-0.3, -0.25) is 9.59 Å². The van der Waals surface area contributed by atoms with Crippen molar-refractivity contribution in [2.75, 3.05) is 17.7 Å². The number of amides is 2. The Labute approximate surface area is 176 Å². The molecule has 30 heavy (non-hydrogen) atoms. The number of carbonyl (C=O) groups excluding carboxylic acids is 2. The second kappa shape index (κ2) is 8.25. The van der Waals surface area contributed by atoms with Crippen LogP contribution < -0.4 is 10.6 Å². The highest BCUT2D eigenvalue weighted by Gasteiger charge is 2.37. The van der Waals surface area contributed by atoms with E-state index in [-0.39, 0.29) is 30.7 Å². The number of fused-ring (bicyclic) bond motifs is 1. The number of carbonyl (C=O) groups is 2. The number of benzene rings is 2. The molecular formula is C21H18ClFN4O3. The molecule has 154 valence electrons.